The Morgan fingerprint density at radius 3 is 2.41 bits per heavy atom. The molecular formula is C25H42N4O6Si2. The van der Waals surface area contributed by atoms with Crippen LogP contribution in [-0.2, 0) is 23.1 Å². The molecule has 2 aliphatic heterocycles. The van der Waals surface area contributed by atoms with Crippen LogP contribution in [0.25, 0.3) is 11.2 Å². The van der Waals surface area contributed by atoms with Gasteiger partial charge in [-0.05, 0) is 6.04 Å². The fourth-order valence-corrected chi connectivity index (χ4v) is 11.1. The van der Waals surface area contributed by atoms with Crippen molar-refractivity contribution in [1.82, 2.24) is 19.5 Å². The second-order valence-electron chi connectivity index (χ2n) is 13.3. The standard InChI is InChI=1S/C25H42N4O6Si2/c1-16(30)33-20-19-17(13-32-37(35-19,24(2,3)4)25(5,6)7)34-23(20)29-15-28-18-21(29)26-14-27-22(18)31-11-12-36(8,9)10/h14-15,17,19-20,23H,11-13H2,1-10H3/t17-,19-,20-,23?/m1/s1. The molecule has 0 bridgehead atoms. The highest BCUT2D eigenvalue weighted by Gasteiger charge is 2.65. The minimum Gasteiger partial charge on any atom is -0.476 e. The molecule has 4 heterocycles. The normalized spacial score (nSPS) is 26.2. The highest BCUT2D eigenvalue weighted by Crippen LogP contribution is 2.56. The predicted molar refractivity (Wildman–Crippen MR) is 144 cm³/mol. The molecule has 2 fully saturated rings. The largest absolute Gasteiger partial charge is 0.476 e. The second-order valence-corrected chi connectivity index (χ2v) is 23.7. The third-order valence-corrected chi connectivity index (χ3v) is 13.8. The van der Waals surface area contributed by atoms with Crippen molar-refractivity contribution in [1.29, 1.82) is 0 Å². The first-order valence-electron chi connectivity index (χ1n) is 13.0. The van der Waals surface area contributed by atoms with Gasteiger partial charge in [-0.1, -0.05) is 61.2 Å². The predicted octanol–water partition coefficient (Wildman–Crippen LogP) is 4.83. The summed E-state index contributed by atoms with van der Waals surface area (Å²) in [6.45, 7) is 22.2. The van der Waals surface area contributed by atoms with Crippen LogP contribution in [0.4, 0.5) is 0 Å². The van der Waals surface area contributed by atoms with Crippen molar-refractivity contribution in [2.45, 2.75) is 109 Å². The molecule has 0 radical (unpaired) electrons. The number of fused-ring (bicyclic) bond motifs is 2. The van der Waals surface area contributed by atoms with E-state index in [1.807, 2.05) is 0 Å². The van der Waals surface area contributed by atoms with Gasteiger partial charge in [0, 0.05) is 25.1 Å². The Bertz CT molecular complexity index is 1120. The zero-order valence-corrected chi connectivity index (χ0v) is 25.8. The Balaban J connectivity index is 1.68. The van der Waals surface area contributed by atoms with Crippen LogP contribution in [0.1, 0.15) is 54.7 Å². The van der Waals surface area contributed by atoms with Crippen LogP contribution in [-0.4, -0.2) is 73.6 Å². The molecule has 206 valence electrons. The Kier molecular flexibility index (Phi) is 7.38. The van der Waals surface area contributed by atoms with Gasteiger partial charge in [-0.2, -0.15) is 4.98 Å². The van der Waals surface area contributed by atoms with Crippen LogP contribution in [0.15, 0.2) is 12.7 Å². The average Bonchev–Trinajstić information content (AvgIpc) is 3.32. The molecule has 2 aliphatic rings. The lowest BCUT2D eigenvalue weighted by Gasteiger charge is -2.53. The van der Waals surface area contributed by atoms with E-state index in [9.17, 15) is 4.79 Å². The number of aromatic nitrogens is 4. The van der Waals surface area contributed by atoms with E-state index in [1.165, 1.54) is 13.3 Å². The van der Waals surface area contributed by atoms with E-state index < -0.39 is 47.1 Å². The van der Waals surface area contributed by atoms with Gasteiger partial charge in [0.1, 0.15) is 18.5 Å². The van der Waals surface area contributed by atoms with Crippen molar-refractivity contribution in [2.75, 3.05) is 13.2 Å². The molecule has 2 saturated heterocycles. The maximum Gasteiger partial charge on any atom is 0.349 e. The molecule has 0 saturated carbocycles. The van der Waals surface area contributed by atoms with Crippen molar-refractivity contribution in [3.63, 3.8) is 0 Å². The summed E-state index contributed by atoms with van der Waals surface area (Å²) in [4.78, 5) is 25.6. The Labute approximate surface area is 221 Å². The van der Waals surface area contributed by atoms with Crippen LogP contribution in [0.2, 0.25) is 35.8 Å². The molecule has 0 N–H and O–H groups in total. The molecule has 0 aromatic carbocycles. The minimum atomic E-state index is -2.81. The van der Waals surface area contributed by atoms with Crippen LogP contribution < -0.4 is 4.74 Å². The SMILES string of the molecule is CC(=O)O[C@H]1C(n2cnc3c(OCC[Si](C)(C)C)ncnc32)O[C@@H]2CO[Si](C(C)(C)C)(C(C)(C)C)O[C@H]21. The molecule has 0 spiro atoms. The molecule has 4 rings (SSSR count). The lowest BCUT2D eigenvalue weighted by atomic mass is 10.1. The van der Waals surface area contributed by atoms with Crippen molar-refractivity contribution < 1.29 is 27.9 Å². The quantitative estimate of drug-likeness (QED) is 0.369. The number of rotatable bonds is 6. The number of esters is 1. The van der Waals surface area contributed by atoms with Crippen LogP contribution in [0.5, 0.6) is 5.88 Å². The highest BCUT2D eigenvalue weighted by atomic mass is 28.4. The number of hydrogen-bond donors (Lipinski definition) is 0. The van der Waals surface area contributed by atoms with Gasteiger partial charge in [0.15, 0.2) is 23.5 Å². The van der Waals surface area contributed by atoms with E-state index in [-0.39, 0.29) is 10.1 Å². The lowest BCUT2D eigenvalue weighted by molar-refractivity contribution is -0.155. The summed E-state index contributed by atoms with van der Waals surface area (Å²) >= 11 is 0. The van der Waals surface area contributed by atoms with Crippen molar-refractivity contribution in [2.24, 2.45) is 0 Å². The summed E-state index contributed by atoms with van der Waals surface area (Å²) < 4.78 is 33.6. The summed E-state index contributed by atoms with van der Waals surface area (Å²) in [7, 11) is -4.07. The van der Waals surface area contributed by atoms with Gasteiger partial charge >= 0.3 is 14.5 Å². The molecule has 10 nitrogen and oxygen atoms in total. The average molecular weight is 551 g/mol. The number of ether oxygens (including phenoxy) is 3. The van der Waals surface area contributed by atoms with E-state index in [2.05, 4.69) is 76.1 Å². The van der Waals surface area contributed by atoms with Crippen LogP contribution >= 0.6 is 0 Å². The van der Waals surface area contributed by atoms with E-state index >= 15 is 0 Å². The third kappa shape index (κ3) is 5.35. The number of carbonyl (C=O) groups excluding carboxylic acids is 1. The molecule has 37 heavy (non-hydrogen) atoms. The first-order valence-corrected chi connectivity index (χ1v) is 18.5. The minimum absolute atomic E-state index is 0.216. The number of carbonyl (C=O) groups is 1. The molecule has 12 heteroatoms. The number of hydrogen-bond acceptors (Lipinski definition) is 9. The lowest BCUT2D eigenvalue weighted by Crippen LogP contribution is -2.65. The zero-order valence-electron chi connectivity index (χ0n) is 23.8. The van der Waals surface area contributed by atoms with E-state index in [1.54, 1.807) is 10.9 Å². The maximum absolute atomic E-state index is 12.2. The van der Waals surface area contributed by atoms with Gasteiger partial charge in [-0.15, -0.1) is 0 Å². The Morgan fingerprint density at radius 1 is 1.14 bits per heavy atom. The fraction of sp³-hybridized carbons (Fsp3) is 0.760. The van der Waals surface area contributed by atoms with Gasteiger partial charge in [-0.25, -0.2) is 9.97 Å². The van der Waals surface area contributed by atoms with Gasteiger partial charge < -0.3 is 23.1 Å². The van der Waals surface area contributed by atoms with Crippen LogP contribution in [0.3, 0.4) is 0 Å². The summed E-state index contributed by atoms with van der Waals surface area (Å²) in [6, 6.07) is 1.01. The summed E-state index contributed by atoms with van der Waals surface area (Å²) in [5.41, 5.74) is 1.10. The molecule has 2 aromatic heterocycles. The molecule has 4 atom stereocenters. The molecule has 2 aromatic rings. The van der Waals surface area contributed by atoms with Gasteiger partial charge in [0.2, 0.25) is 5.88 Å². The first kappa shape index (κ1) is 28.1. The third-order valence-electron chi connectivity index (χ3n) is 7.01. The van der Waals surface area contributed by atoms with E-state index in [4.69, 9.17) is 23.1 Å². The van der Waals surface area contributed by atoms with Crippen molar-refractivity contribution >= 4 is 33.8 Å². The Morgan fingerprint density at radius 2 is 1.81 bits per heavy atom. The van der Waals surface area contributed by atoms with Gasteiger partial charge in [-0.3, -0.25) is 9.36 Å². The molecular weight excluding hydrogens is 508 g/mol. The van der Waals surface area contributed by atoms with Crippen LogP contribution in [0, 0.1) is 0 Å². The molecule has 1 unspecified atom stereocenters. The van der Waals surface area contributed by atoms with Crippen molar-refractivity contribution in [3.05, 3.63) is 12.7 Å². The molecule has 0 aliphatic carbocycles. The summed E-state index contributed by atoms with van der Waals surface area (Å²) in [6.07, 6.45) is 0.867. The zero-order chi connectivity index (χ0) is 27.4. The number of nitrogens with zero attached hydrogens (tertiary/aromatic N) is 4. The van der Waals surface area contributed by atoms with Gasteiger partial charge in [0.25, 0.3) is 0 Å². The van der Waals surface area contributed by atoms with E-state index in [0.717, 1.165) is 6.04 Å². The smallest absolute Gasteiger partial charge is 0.349 e. The maximum atomic E-state index is 12.2. The highest BCUT2D eigenvalue weighted by molar-refractivity contribution is 6.76. The summed E-state index contributed by atoms with van der Waals surface area (Å²) in [5.74, 6) is 0.0375. The van der Waals surface area contributed by atoms with Gasteiger partial charge in [0.05, 0.1) is 19.5 Å². The Hall–Kier alpha value is -1.87. The topological polar surface area (TPSA) is 107 Å². The second kappa shape index (κ2) is 9.71. The fourth-order valence-electron chi connectivity index (χ4n) is 5.44. The monoisotopic (exact) mass is 550 g/mol. The summed E-state index contributed by atoms with van der Waals surface area (Å²) in [5, 5.41) is -0.432. The first-order chi connectivity index (χ1) is 17.0. The molecule has 0 amide bonds. The van der Waals surface area contributed by atoms with Crippen molar-refractivity contribution in [3.8, 4) is 5.88 Å². The number of imidazole rings is 1. The van der Waals surface area contributed by atoms with E-state index in [0.29, 0.717) is 30.3 Å².